The molecule has 2 atom stereocenters. The van der Waals surface area contributed by atoms with Gasteiger partial charge in [-0.2, -0.15) is 0 Å². The van der Waals surface area contributed by atoms with E-state index in [9.17, 15) is 14.7 Å². The van der Waals surface area contributed by atoms with Gasteiger partial charge in [0.25, 0.3) is 5.91 Å². The summed E-state index contributed by atoms with van der Waals surface area (Å²) in [5.41, 5.74) is 0.579. The van der Waals surface area contributed by atoms with Gasteiger partial charge in [-0.25, -0.2) is 0 Å². The number of carbonyl (C=O) groups is 2. The lowest BCUT2D eigenvalue weighted by Gasteiger charge is -2.35. The molecule has 0 saturated carbocycles. The smallest absolute Gasteiger partial charge is 0.251 e. The number of hydrogen-bond acceptors (Lipinski definition) is 5. The van der Waals surface area contributed by atoms with Gasteiger partial charge in [0, 0.05) is 23.5 Å². The Kier molecular flexibility index (Phi) is 6.38. The Morgan fingerprint density at radius 2 is 2.00 bits per heavy atom. The van der Waals surface area contributed by atoms with E-state index in [-0.39, 0.29) is 24.4 Å². The predicted molar refractivity (Wildman–Crippen MR) is 101 cm³/mol. The van der Waals surface area contributed by atoms with Crippen molar-refractivity contribution in [3.05, 3.63) is 58.3 Å². The zero-order valence-electron chi connectivity index (χ0n) is 14.4. The number of hydrogen-bond donors (Lipinski definition) is 3. The van der Waals surface area contributed by atoms with E-state index in [4.69, 9.17) is 0 Å². The highest BCUT2D eigenvalue weighted by Crippen LogP contribution is 2.12. The number of β-amino-alcohol motifs (C(OH)–C–C–N with tert-alkyl or cyclic N) is 1. The van der Waals surface area contributed by atoms with Crippen molar-refractivity contribution in [2.75, 3.05) is 19.6 Å². The Bertz CT molecular complexity index is 721. The molecule has 1 aliphatic heterocycles. The van der Waals surface area contributed by atoms with Gasteiger partial charge in [0.1, 0.15) is 0 Å². The second kappa shape index (κ2) is 8.93. The number of rotatable bonds is 6. The van der Waals surface area contributed by atoms with Crippen LogP contribution in [0.5, 0.6) is 0 Å². The van der Waals surface area contributed by atoms with E-state index in [0.29, 0.717) is 31.6 Å². The molecule has 1 saturated heterocycles. The molecule has 138 valence electrons. The molecule has 2 heterocycles. The van der Waals surface area contributed by atoms with Crippen molar-refractivity contribution >= 4 is 23.2 Å². The topological polar surface area (TPSA) is 81.7 Å². The zero-order valence-corrected chi connectivity index (χ0v) is 15.2. The Hall–Kier alpha value is -2.22. The summed E-state index contributed by atoms with van der Waals surface area (Å²) in [4.78, 5) is 27.3. The molecule has 1 aromatic heterocycles. The molecule has 1 aliphatic rings. The fourth-order valence-electron chi connectivity index (χ4n) is 3.01. The predicted octanol–water partition coefficient (Wildman–Crippen LogP) is 1.23. The average Bonchev–Trinajstić information content (AvgIpc) is 3.16. The number of piperidine rings is 1. The van der Waals surface area contributed by atoms with E-state index >= 15 is 0 Å². The van der Waals surface area contributed by atoms with Crippen molar-refractivity contribution in [1.29, 1.82) is 0 Å². The third kappa shape index (κ3) is 5.14. The van der Waals surface area contributed by atoms with E-state index in [1.807, 2.05) is 40.6 Å². The summed E-state index contributed by atoms with van der Waals surface area (Å²) in [6.45, 7) is 1.81. The molecule has 0 aliphatic carbocycles. The van der Waals surface area contributed by atoms with E-state index in [1.165, 1.54) is 0 Å². The van der Waals surface area contributed by atoms with Crippen LogP contribution in [0.1, 0.15) is 21.7 Å². The Morgan fingerprint density at radius 3 is 2.69 bits per heavy atom. The van der Waals surface area contributed by atoms with Gasteiger partial charge in [-0.1, -0.05) is 24.3 Å². The number of carbonyl (C=O) groups excluding carboxylic acids is 2. The van der Waals surface area contributed by atoms with Gasteiger partial charge >= 0.3 is 0 Å². The monoisotopic (exact) mass is 373 g/mol. The highest BCUT2D eigenvalue weighted by Gasteiger charge is 2.29. The number of aliphatic hydroxyl groups excluding tert-OH is 1. The number of thiophene rings is 1. The third-order valence-corrected chi connectivity index (χ3v) is 5.30. The van der Waals surface area contributed by atoms with Gasteiger partial charge in [-0.05, 0) is 30.0 Å². The van der Waals surface area contributed by atoms with E-state index in [1.54, 1.807) is 23.5 Å². The van der Waals surface area contributed by atoms with Crippen molar-refractivity contribution in [2.45, 2.75) is 25.1 Å². The average molecular weight is 373 g/mol. The second-order valence-electron chi connectivity index (χ2n) is 6.39. The van der Waals surface area contributed by atoms with Crippen LogP contribution in [0, 0.1) is 0 Å². The minimum Gasteiger partial charge on any atom is -0.390 e. The van der Waals surface area contributed by atoms with Crippen molar-refractivity contribution in [3.63, 3.8) is 0 Å². The fourth-order valence-corrected chi connectivity index (χ4v) is 3.65. The maximum absolute atomic E-state index is 12.2. The zero-order chi connectivity index (χ0) is 18.4. The van der Waals surface area contributed by atoms with Crippen LogP contribution < -0.4 is 10.6 Å². The van der Waals surface area contributed by atoms with Crippen molar-refractivity contribution < 1.29 is 14.7 Å². The molecule has 3 rings (SSSR count). The molecular formula is C19H23N3O3S. The summed E-state index contributed by atoms with van der Waals surface area (Å²) >= 11 is 1.61. The highest BCUT2D eigenvalue weighted by molar-refractivity contribution is 7.09. The van der Waals surface area contributed by atoms with E-state index in [0.717, 1.165) is 4.88 Å². The lowest BCUT2D eigenvalue weighted by Crippen LogP contribution is -2.55. The first kappa shape index (κ1) is 18.6. The Morgan fingerprint density at radius 1 is 1.19 bits per heavy atom. The van der Waals surface area contributed by atoms with Crippen LogP contribution in [-0.4, -0.2) is 53.6 Å². The summed E-state index contributed by atoms with van der Waals surface area (Å²) in [6, 6.07) is 12.6. The molecule has 0 spiro atoms. The molecule has 2 aromatic rings. The Balaban J connectivity index is 1.43. The first-order valence-corrected chi connectivity index (χ1v) is 9.55. The first-order chi connectivity index (χ1) is 12.6. The summed E-state index contributed by atoms with van der Waals surface area (Å²) in [7, 11) is 0. The van der Waals surface area contributed by atoms with Crippen LogP contribution in [0.2, 0.25) is 0 Å². The molecule has 0 radical (unpaired) electrons. The number of likely N-dealkylation sites (tertiary alicyclic amines) is 1. The number of benzene rings is 1. The molecule has 1 fully saturated rings. The van der Waals surface area contributed by atoms with Gasteiger partial charge < -0.3 is 15.7 Å². The van der Waals surface area contributed by atoms with Crippen LogP contribution in [0.15, 0.2) is 47.8 Å². The quantitative estimate of drug-likeness (QED) is 0.711. The van der Waals surface area contributed by atoms with Crippen molar-refractivity contribution in [2.24, 2.45) is 0 Å². The normalized spacial score (nSPS) is 20.5. The van der Waals surface area contributed by atoms with Gasteiger partial charge in [0.2, 0.25) is 5.91 Å². The molecule has 6 nitrogen and oxygen atoms in total. The number of aliphatic hydroxyl groups is 1. The molecule has 26 heavy (non-hydrogen) atoms. The van der Waals surface area contributed by atoms with Gasteiger partial charge in [0.15, 0.2) is 0 Å². The van der Waals surface area contributed by atoms with E-state index < -0.39 is 6.10 Å². The standard InChI is InChI=1S/C19H23N3O3S/c23-17-12-22(13-18(24)20-11-15-7-4-10-26-15)9-8-16(17)21-19(25)14-5-2-1-3-6-14/h1-7,10,16-17,23H,8-9,11-13H2,(H,20,24)(H,21,25)/t16-,17-/m1/s1. The molecule has 1 aromatic carbocycles. The molecule has 7 heteroatoms. The van der Waals surface area contributed by atoms with Gasteiger partial charge in [0.05, 0.1) is 25.2 Å². The summed E-state index contributed by atoms with van der Waals surface area (Å²) in [6.07, 6.45) is -0.0840. The maximum atomic E-state index is 12.2. The van der Waals surface area contributed by atoms with Crippen LogP contribution in [0.4, 0.5) is 0 Å². The van der Waals surface area contributed by atoms with Crippen LogP contribution >= 0.6 is 11.3 Å². The molecule has 3 N–H and O–H groups in total. The molecule has 0 unspecified atom stereocenters. The number of nitrogens with zero attached hydrogens (tertiary/aromatic N) is 1. The maximum Gasteiger partial charge on any atom is 0.251 e. The van der Waals surface area contributed by atoms with E-state index in [2.05, 4.69) is 10.6 Å². The number of nitrogens with one attached hydrogen (secondary N) is 2. The lowest BCUT2D eigenvalue weighted by molar-refractivity contribution is -0.123. The SMILES string of the molecule is O=C(CN1CC[C@@H](NC(=O)c2ccccc2)[C@H](O)C1)NCc1cccs1. The van der Waals surface area contributed by atoms with Crippen molar-refractivity contribution in [1.82, 2.24) is 15.5 Å². The fraction of sp³-hybridized carbons (Fsp3) is 0.368. The molecule has 2 amide bonds. The lowest BCUT2D eigenvalue weighted by atomic mass is 10.0. The first-order valence-electron chi connectivity index (χ1n) is 8.67. The Labute approximate surface area is 156 Å². The summed E-state index contributed by atoms with van der Waals surface area (Å²) < 4.78 is 0. The number of amides is 2. The third-order valence-electron chi connectivity index (χ3n) is 4.43. The summed E-state index contributed by atoms with van der Waals surface area (Å²) in [5, 5.41) is 18.1. The molecular weight excluding hydrogens is 350 g/mol. The van der Waals surface area contributed by atoms with Gasteiger partial charge in [-0.15, -0.1) is 11.3 Å². The van der Waals surface area contributed by atoms with Crippen LogP contribution in [-0.2, 0) is 11.3 Å². The highest BCUT2D eigenvalue weighted by atomic mass is 32.1. The van der Waals surface area contributed by atoms with Crippen LogP contribution in [0.25, 0.3) is 0 Å². The van der Waals surface area contributed by atoms with Crippen molar-refractivity contribution in [3.8, 4) is 0 Å². The van der Waals surface area contributed by atoms with Gasteiger partial charge in [-0.3, -0.25) is 14.5 Å². The minimum absolute atomic E-state index is 0.0580. The summed E-state index contributed by atoms with van der Waals surface area (Å²) in [5.74, 6) is -0.242. The second-order valence-corrected chi connectivity index (χ2v) is 7.43. The van der Waals surface area contributed by atoms with Crippen LogP contribution in [0.3, 0.4) is 0 Å². The minimum atomic E-state index is -0.693. The largest absolute Gasteiger partial charge is 0.390 e. The molecule has 0 bridgehead atoms.